The Bertz CT molecular complexity index is 169. The fraction of sp³-hybridized carbons (Fsp3) is 0.917. The van der Waals surface area contributed by atoms with Gasteiger partial charge in [0.25, 0.3) is 0 Å². The highest BCUT2D eigenvalue weighted by Crippen LogP contribution is 2.05. The average Bonchev–Trinajstić information content (AvgIpc) is 2.11. The summed E-state index contributed by atoms with van der Waals surface area (Å²) in [6.07, 6.45) is 4.61. The number of nitrogens with zero attached hydrogens (tertiary/aromatic N) is 1. The number of aliphatic carboxylic acids is 1. The van der Waals surface area contributed by atoms with Crippen LogP contribution in [0.25, 0.3) is 0 Å². The molecule has 0 unspecified atom stereocenters. The molecule has 3 nitrogen and oxygen atoms in total. The van der Waals surface area contributed by atoms with Crippen molar-refractivity contribution < 1.29 is 9.90 Å². The van der Waals surface area contributed by atoms with Crippen molar-refractivity contribution in [2.45, 2.75) is 46.0 Å². The van der Waals surface area contributed by atoms with Crippen molar-refractivity contribution in [2.75, 3.05) is 20.1 Å². The lowest BCUT2D eigenvalue weighted by atomic mass is 10.1. The van der Waals surface area contributed by atoms with Gasteiger partial charge in [-0.3, -0.25) is 4.79 Å². The maximum atomic E-state index is 10.3. The molecule has 3 heteroatoms. The van der Waals surface area contributed by atoms with Gasteiger partial charge in [0, 0.05) is 6.42 Å². The highest BCUT2D eigenvalue weighted by atomic mass is 16.4. The molecule has 0 heterocycles. The van der Waals surface area contributed by atoms with Gasteiger partial charge in [-0.25, -0.2) is 0 Å². The maximum Gasteiger partial charge on any atom is 0.303 e. The molecule has 90 valence electrons. The van der Waals surface area contributed by atoms with Crippen molar-refractivity contribution in [3.05, 3.63) is 0 Å². The van der Waals surface area contributed by atoms with Gasteiger partial charge >= 0.3 is 5.97 Å². The van der Waals surface area contributed by atoms with Crippen molar-refractivity contribution in [1.82, 2.24) is 4.90 Å². The zero-order valence-corrected chi connectivity index (χ0v) is 10.3. The summed E-state index contributed by atoms with van der Waals surface area (Å²) >= 11 is 0. The summed E-state index contributed by atoms with van der Waals surface area (Å²) in [5.41, 5.74) is 0. The summed E-state index contributed by atoms with van der Waals surface area (Å²) in [5, 5.41) is 8.47. The molecule has 0 saturated carbocycles. The Hall–Kier alpha value is -0.570. The summed E-state index contributed by atoms with van der Waals surface area (Å²) in [5.74, 6) is 0.0999. The number of carbonyl (C=O) groups is 1. The summed E-state index contributed by atoms with van der Waals surface area (Å²) < 4.78 is 0. The van der Waals surface area contributed by atoms with Crippen LogP contribution >= 0.6 is 0 Å². The quantitative estimate of drug-likeness (QED) is 0.601. The predicted molar refractivity (Wildman–Crippen MR) is 63.1 cm³/mol. The molecule has 0 amide bonds. The molecule has 0 aromatic heterocycles. The van der Waals surface area contributed by atoms with Crippen molar-refractivity contribution in [3.63, 3.8) is 0 Å². The van der Waals surface area contributed by atoms with E-state index in [1.54, 1.807) is 0 Å². The van der Waals surface area contributed by atoms with Gasteiger partial charge in [0.15, 0.2) is 0 Å². The number of rotatable bonds is 9. The molecular formula is C12H25NO2. The SMILES string of the molecule is CC(C)CCCN(C)CCCCC(=O)O. The van der Waals surface area contributed by atoms with Crippen molar-refractivity contribution in [3.8, 4) is 0 Å². The molecule has 0 aromatic carbocycles. The zero-order valence-electron chi connectivity index (χ0n) is 10.3. The smallest absolute Gasteiger partial charge is 0.303 e. The van der Waals surface area contributed by atoms with Gasteiger partial charge in [0.05, 0.1) is 0 Å². The molecule has 1 N–H and O–H groups in total. The fourth-order valence-corrected chi connectivity index (χ4v) is 1.54. The minimum Gasteiger partial charge on any atom is -0.481 e. The van der Waals surface area contributed by atoms with Crippen LogP contribution in [0.5, 0.6) is 0 Å². The van der Waals surface area contributed by atoms with Gasteiger partial charge in [-0.15, -0.1) is 0 Å². The second kappa shape index (κ2) is 8.72. The number of unbranched alkanes of at least 4 members (excludes halogenated alkanes) is 1. The molecule has 0 radical (unpaired) electrons. The van der Waals surface area contributed by atoms with Gasteiger partial charge in [-0.2, -0.15) is 0 Å². The average molecular weight is 215 g/mol. The summed E-state index contributed by atoms with van der Waals surface area (Å²) in [7, 11) is 2.11. The van der Waals surface area contributed by atoms with Crippen molar-refractivity contribution >= 4 is 5.97 Å². The van der Waals surface area contributed by atoms with Crippen LogP contribution < -0.4 is 0 Å². The van der Waals surface area contributed by atoms with E-state index in [1.165, 1.54) is 12.8 Å². The lowest BCUT2D eigenvalue weighted by molar-refractivity contribution is -0.137. The fourth-order valence-electron chi connectivity index (χ4n) is 1.54. The van der Waals surface area contributed by atoms with Crippen molar-refractivity contribution in [1.29, 1.82) is 0 Å². The number of carboxylic acid groups (broad SMARTS) is 1. The van der Waals surface area contributed by atoms with Gasteiger partial charge in [-0.1, -0.05) is 13.8 Å². The maximum absolute atomic E-state index is 10.3. The zero-order chi connectivity index (χ0) is 11.7. The van der Waals surface area contributed by atoms with Gasteiger partial charge in [0.2, 0.25) is 0 Å². The largest absolute Gasteiger partial charge is 0.481 e. The van der Waals surface area contributed by atoms with E-state index in [0.717, 1.165) is 31.8 Å². The molecule has 15 heavy (non-hydrogen) atoms. The van der Waals surface area contributed by atoms with Crippen LogP contribution in [0.3, 0.4) is 0 Å². The Kier molecular flexibility index (Phi) is 8.38. The van der Waals surface area contributed by atoms with E-state index in [0.29, 0.717) is 6.42 Å². The standard InChI is InChI=1S/C12H25NO2/c1-11(2)7-6-10-13(3)9-5-4-8-12(14)15/h11H,4-10H2,1-3H3,(H,14,15). The molecule has 0 fully saturated rings. The van der Waals surface area contributed by atoms with E-state index in [-0.39, 0.29) is 0 Å². The lowest BCUT2D eigenvalue weighted by Crippen LogP contribution is -2.21. The molecule has 0 aliphatic carbocycles. The van der Waals surface area contributed by atoms with E-state index < -0.39 is 5.97 Å². The predicted octanol–water partition coefficient (Wildman–Crippen LogP) is 2.61. The molecule has 0 aliphatic heterocycles. The van der Waals surface area contributed by atoms with Crippen LogP contribution in [0.2, 0.25) is 0 Å². The number of hydrogen-bond acceptors (Lipinski definition) is 2. The summed E-state index contributed by atoms with van der Waals surface area (Å²) in [6, 6.07) is 0. The summed E-state index contributed by atoms with van der Waals surface area (Å²) in [6.45, 7) is 6.64. The molecule has 0 aromatic rings. The first-order chi connectivity index (χ1) is 7.02. The molecule has 0 saturated heterocycles. The van der Waals surface area contributed by atoms with E-state index in [1.807, 2.05) is 0 Å². The first-order valence-corrected chi connectivity index (χ1v) is 5.92. The Labute approximate surface area is 93.5 Å². The van der Waals surface area contributed by atoms with Crippen LogP contribution in [-0.4, -0.2) is 36.1 Å². The van der Waals surface area contributed by atoms with Gasteiger partial charge in [0.1, 0.15) is 0 Å². The highest BCUT2D eigenvalue weighted by Gasteiger charge is 2.01. The van der Waals surface area contributed by atoms with Crippen LogP contribution in [0, 0.1) is 5.92 Å². The topological polar surface area (TPSA) is 40.5 Å². The van der Waals surface area contributed by atoms with Crippen LogP contribution in [0.4, 0.5) is 0 Å². The van der Waals surface area contributed by atoms with Gasteiger partial charge < -0.3 is 10.0 Å². The van der Waals surface area contributed by atoms with E-state index in [4.69, 9.17) is 5.11 Å². The molecule has 0 bridgehead atoms. The van der Waals surface area contributed by atoms with E-state index in [9.17, 15) is 4.79 Å². The van der Waals surface area contributed by atoms with Crippen molar-refractivity contribution in [2.24, 2.45) is 5.92 Å². The lowest BCUT2D eigenvalue weighted by Gasteiger charge is -2.16. The van der Waals surface area contributed by atoms with E-state index >= 15 is 0 Å². The number of carboxylic acids is 1. The second-order valence-corrected chi connectivity index (χ2v) is 4.69. The van der Waals surface area contributed by atoms with Crippen LogP contribution in [0.1, 0.15) is 46.0 Å². The monoisotopic (exact) mass is 215 g/mol. The second-order valence-electron chi connectivity index (χ2n) is 4.69. The minimum atomic E-state index is -0.683. The minimum absolute atomic E-state index is 0.305. The Morgan fingerprint density at radius 2 is 1.80 bits per heavy atom. The molecule has 0 atom stereocenters. The Morgan fingerprint density at radius 1 is 1.20 bits per heavy atom. The van der Waals surface area contributed by atoms with Crippen LogP contribution in [0.15, 0.2) is 0 Å². The normalized spacial score (nSPS) is 11.3. The molecule has 0 aliphatic rings. The molecule has 0 rings (SSSR count). The first-order valence-electron chi connectivity index (χ1n) is 5.92. The highest BCUT2D eigenvalue weighted by molar-refractivity contribution is 5.66. The first kappa shape index (κ1) is 14.4. The summed E-state index contributed by atoms with van der Waals surface area (Å²) in [4.78, 5) is 12.6. The third kappa shape index (κ3) is 11.4. The Balaban J connectivity index is 3.25. The third-order valence-corrected chi connectivity index (χ3v) is 2.50. The van der Waals surface area contributed by atoms with E-state index in [2.05, 4.69) is 25.8 Å². The Morgan fingerprint density at radius 3 is 2.33 bits per heavy atom. The molecular weight excluding hydrogens is 190 g/mol. The van der Waals surface area contributed by atoms with Crippen LogP contribution in [-0.2, 0) is 4.79 Å². The third-order valence-electron chi connectivity index (χ3n) is 2.50. The van der Waals surface area contributed by atoms with Gasteiger partial charge in [-0.05, 0) is 51.7 Å². The molecule has 0 spiro atoms. The number of hydrogen-bond donors (Lipinski definition) is 1.